The summed E-state index contributed by atoms with van der Waals surface area (Å²) in [5.41, 5.74) is 5.22. The van der Waals surface area contributed by atoms with E-state index < -0.39 is 5.41 Å². The number of amides is 1. The minimum atomic E-state index is -0.458. The van der Waals surface area contributed by atoms with Crippen molar-refractivity contribution in [2.45, 2.75) is 40.2 Å². The smallest absolute Gasteiger partial charge is 0.227 e. The molecule has 0 aliphatic carbocycles. The molecule has 0 fully saturated rings. The van der Waals surface area contributed by atoms with Crippen LogP contribution in [-0.4, -0.2) is 12.5 Å². The summed E-state index contributed by atoms with van der Waals surface area (Å²) in [6.45, 7) is 8.36. The van der Waals surface area contributed by atoms with Crippen LogP contribution in [0.4, 0.5) is 0 Å². The van der Waals surface area contributed by atoms with Gasteiger partial charge in [0.1, 0.15) is 0 Å². The van der Waals surface area contributed by atoms with E-state index in [0.29, 0.717) is 6.54 Å². The molecule has 2 atom stereocenters. The molecule has 0 saturated heterocycles. The molecule has 1 amide bonds. The lowest BCUT2D eigenvalue weighted by atomic mass is 9.86. The van der Waals surface area contributed by atoms with Crippen molar-refractivity contribution in [2.75, 3.05) is 6.54 Å². The first-order valence-corrected chi connectivity index (χ1v) is 6.82. The third-order valence-electron chi connectivity index (χ3n) is 3.31. The highest BCUT2D eigenvalue weighted by Crippen LogP contribution is 2.25. The molecule has 1 aromatic heterocycles. The third kappa shape index (κ3) is 3.30. The second kappa shape index (κ2) is 5.65. The molecule has 0 aromatic carbocycles. The molecule has 1 heterocycles. The van der Waals surface area contributed by atoms with E-state index in [1.54, 1.807) is 11.3 Å². The molecule has 0 bridgehead atoms. The van der Waals surface area contributed by atoms with Gasteiger partial charge in [-0.05, 0) is 39.3 Å². The maximum absolute atomic E-state index is 12.1. The minimum absolute atomic E-state index is 0.0426. The van der Waals surface area contributed by atoms with Crippen LogP contribution in [0.15, 0.2) is 12.1 Å². The van der Waals surface area contributed by atoms with Crippen molar-refractivity contribution in [3.8, 4) is 0 Å². The number of aryl methyl sites for hydroxylation is 1. The van der Waals surface area contributed by atoms with Crippen molar-refractivity contribution in [2.24, 2.45) is 11.1 Å². The van der Waals surface area contributed by atoms with Crippen LogP contribution in [0.1, 0.15) is 43.0 Å². The van der Waals surface area contributed by atoms with Gasteiger partial charge in [-0.3, -0.25) is 4.79 Å². The zero-order chi connectivity index (χ0) is 13.1. The predicted molar refractivity (Wildman–Crippen MR) is 73.1 cm³/mol. The fraction of sp³-hybridized carbons (Fsp3) is 0.615. The monoisotopic (exact) mass is 254 g/mol. The van der Waals surface area contributed by atoms with Crippen LogP contribution in [-0.2, 0) is 4.79 Å². The zero-order valence-corrected chi connectivity index (χ0v) is 11.9. The highest BCUT2D eigenvalue weighted by molar-refractivity contribution is 7.12. The van der Waals surface area contributed by atoms with E-state index in [1.165, 1.54) is 9.75 Å². The number of nitrogens with two attached hydrogens (primary N) is 1. The fourth-order valence-electron chi connectivity index (χ4n) is 1.53. The molecule has 17 heavy (non-hydrogen) atoms. The number of hydrogen-bond acceptors (Lipinski definition) is 3. The Bertz CT molecular complexity index is 383. The molecule has 0 aliphatic heterocycles. The Hall–Kier alpha value is -0.870. The Balaban J connectivity index is 2.69. The molecule has 2 unspecified atom stereocenters. The number of nitrogens with one attached hydrogen (secondary N) is 1. The predicted octanol–water partition coefficient (Wildman–Crippen LogP) is 2.61. The molecule has 0 radical (unpaired) electrons. The normalized spacial score (nSPS) is 16.3. The fourth-order valence-corrected chi connectivity index (χ4v) is 2.41. The van der Waals surface area contributed by atoms with Gasteiger partial charge in [0.25, 0.3) is 0 Å². The van der Waals surface area contributed by atoms with Crippen molar-refractivity contribution in [3.05, 3.63) is 21.9 Å². The van der Waals surface area contributed by atoms with Crippen molar-refractivity contribution in [1.82, 2.24) is 5.32 Å². The van der Waals surface area contributed by atoms with Gasteiger partial charge >= 0.3 is 0 Å². The average molecular weight is 254 g/mol. The maximum atomic E-state index is 12.1. The highest BCUT2D eigenvalue weighted by Gasteiger charge is 2.30. The summed E-state index contributed by atoms with van der Waals surface area (Å²) in [6, 6.07) is 4.19. The SMILES string of the molecule is CCC(C)(CN)C(=O)NC(C)c1ccc(C)s1. The van der Waals surface area contributed by atoms with Gasteiger partial charge < -0.3 is 11.1 Å². The minimum Gasteiger partial charge on any atom is -0.348 e. The molecule has 3 nitrogen and oxygen atoms in total. The quantitative estimate of drug-likeness (QED) is 0.848. The lowest BCUT2D eigenvalue weighted by Gasteiger charge is -2.27. The lowest BCUT2D eigenvalue weighted by Crippen LogP contribution is -2.44. The Labute approximate surface area is 107 Å². The molecule has 0 aliphatic rings. The van der Waals surface area contributed by atoms with Crippen LogP contribution < -0.4 is 11.1 Å². The van der Waals surface area contributed by atoms with Crippen LogP contribution in [0, 0.1) is 12.3 Å². The first-order valence-electron chi connectivity index (χ1n) is 6.00. The summed E-state index contributed by atoms with van der Waals surface area (Å²) in [5, 5.41) is 3.04. The van der Waals surface area contributed by atoms with Gasteiger partial charge in [0.2, 0.25) is 5.91 Å². The molecule has 3 N–H and O–H groups in total. The second-order valence-corrected chi connectivity index (χ2v) is 6.08. The van der Waals surface area contributed by atoms with Crippen LogP contribution >= 0.6 is 11.3 Å². The summed E-state index contributed by atoms with van der Waals surface area (Å²) >= 11 is 1.72. The molecule has 4 heteroatoms. The summed E-state index contributed by atoms with van der Waals surface area (Å²) < 4.78 is 0. The average Bonchev–Trinajstić information content (AvgIpc) is 2.74. The number of thiophene rings is 1. The molecule has 1 rings (SSSR count). The Morgan fingerprint density at radius 3 is 2.65 bits per heavy atom. The van der Waals surface area contributed by atoms with Gasteiger partial charge in [-0.2, -0.15) is 0 Å². The summed E-state index contributed by atoms with van der Waals surface area (Å²) in [4.78, 5) is 14.6. The third-order valence-corrected chi connectivity index (χ3v) is 4.50. The first kappa shape index (κ1) is 14.2. The van der Waals surface area contributed by atoms with E-state index in [9.17, 15) is 4.79 Å². The summed E-state index contributed by atoms with van der Waals surface area (Å²) in [5.74, 6) is 0.0426. The van der Waals surface area contributed by atoms with Gasteiger partial charge in [0.15, 0.2) is 0 Å². The van der Waals surface area contributed by atoms with Gasteiger partial charge in [-0.1, -0.05) is 6.92 Å². The molecule has 0 saturated carbocycles. The summed E-state index contributed by atoms with van der Waals surface area (Å²) in [6.07, 6.45) is 0.755. The van der Waals surface area contributed by atoms with E-state index in [2.05, 4.69) is 24.4 Å². The van der Waals surface area contributed by atoms with E-state index >= 15 is 0 Å². The summed E-state index contributed by atoms with van der Waals surface area (Å²) in [7, 11) is 0. The van der Waals surface area contributed by atoms with Crippen molar-refractivity contribution >= 4 is 17.2 Å². The second-order valence-electron chi connectivity index (χ2n) is 4.76. The number of carbonyl (C=O) groups excluding carboxylic acids is 1. The zero-order valence-electron chi connectivity index (χ0n) is 11.0. The molecule has 1 aromatic rings. The van der Waals surface area contributed by atoms with Gasteiger partial charge in [-0.25, -0.2) is 0 Å². The molecular formula is C13H22N2OS. The molecular weight excluding hydrogens is 232 g/mol. The van der Waals surface area contributed by atoms with E-state index in [1.807, 2.05) is 20.8 Å². The highest BCUT2D eigenvalue weighted by atomic mass is 32.1. The van der Waals surface area contributed by atoms with E-state index in [4.69, 9.17) is 5.73 Å². The Kier molecular flexibility index (Phi) is 4.71. The lowest BCUT2D eigenvalue weighted by molar-refractivity contribution is -0.130. The van der Waals surface area contributed by atoms with E-state index in [0.717, 1.165) is 6.42 Å². The van der Waals surface area contributed by atoms with Crippen LogP contribution in [0.2, 0.25) is 0 Å². The van der Waals surface area contributed by atoms with Crippen LogP contribution in [0.3, 0.4) is 0 Å². The first-order chi connectivity index (χ1) is 7.92. The van der Waals surface area contributed by atoms with Gasteiger partial charge in [0, 0.05) is 16.3 Å². The maximum Gasteiger partial charge on any atom is 0.227 e. The van der Waals surface area contributed by atoms with Crippen molar-refractivity contribution in [1.29, 1.82) is 0 Å². The number of hydrogen-bond donors (Lipinski definition) is 2. The largest absolute Gasteiger partial charge is 0.348 e. The Morgan fingerprint density at radius 2 is 2.24 bits per heavy atom. The van der Waals surface area contributed by atoms with Crippen LogP contribution in [0.5, 0.6) is 0 Å². The van der Waals surface area contributed by atoms with Crippen molar-refractivity contribution < 1.29 is 4.79 Å². The van der Waals surface area contributed by atoms with Gasteiger partial charge in [-0.15, -0.1) is 11.3 Å². The standard InChI is InChI=1S/C13H22N2OS/c1-5-13(4,8-14)12(16)15-10(3)11-7-6-9(2)17-11/h6-7,10H,5,8,14H2,1-4H3,(H,15,16). The van der Waals surface area contributed by atoms with E-state index in [-0.39, 0.29) is 11.9 Å². The van der Waals surface area contributed by atoms with Crippen LogP contribution in [0.25, 0.3) is 0 Å². The molecule has 96 valence electrons. The number of rotatable bonds is 5. The number of carbonyl (C=O) groups is 1. The van der Waals surface area contributed by atoms with Gasteiger partial charge in [0.05, 0.1) is 11.5 Å². The van der Waals surface area contributed by atoms with Crippen molar-refractivity contribution in [3.63, 3.8) is 0 Å². The molecule has 0 spiro atoms. The topological polar surface area (TPSA) is 55.1 Å². The Morgan fingerprint density at radius 1 is 1.59 bits per heavy atom.